The van der Waals surface area contributed by atoms with Crippen molar-refractivity contribution >= 4 is 53.5 Å². The molecule has 1 fully saturated rings. The summed E-state index contributed by atoms with van der Waals surface area (Å²) < 4.78 is 0. The number of nitrogens with one attached hydrogen (secondary N) is 5. The zero-order valence-corrected chi connectivity index (χ0v) is 32.6. The number of aldehydes is 1. The predicted octanol–water partition coefficient (Wildman–Crippen LogP) is -1.81. The minimum atomic E-state index is -1.62. The molecule has 8 amide bonds. The maximum absolute atomic E-state index is 13.1. The van der Waals surface area contributed by atoms with Crippen molar-refractivity contribution in [3.8, 4) is 0 Å². The molecule has 55 heavy (non-hydrogen) atoms. The Morgan fingerprint density at radius 3 is 2.00 bits per heavy atom. The van der Waals surface area contributed by atoms with Crippen molar-refractivity contribution in [3.05, 3.63) is 0 Å². The van der Waals surface area contributed by atoms with Gasteiger partial charge in [0.15, 0.2) is 6.17 Å². The molecule has 1 heterocycles. The van der Waals surface area contributed by atoms with E-state index in [9.17, 15) is 48.3 Å². The minimum Gasteiger partial charge on any atom is -0.394 e. The van der Waals surface area contributed by atoms with Crippen LogP contribution >= 0.6 is 0 Å². The number of hydrogen-bond acceptors (Lipinski definition) is 11. The summed E-state index contributed by atoms with van der Waals surface area (Å²) in [5.41, 5.74) is 11.0. The molecule has 0 aromatic heterocycles. The third-order valence-corrected chi connectivity index (χ3v) is 9.35. The first kappa shape index (κ1) is 48.4. The van der Waals surface area contributed by atoms with E-state index in [1.807, 2.05) is 0 Å². The van der Waals surface area contributed by atoms with E-state index in [-0.39, 0.29) is 31.8 Å². The molecule has 19 nitrogen and oxygen atoms in total. The van der Waals surface area contributed by atoms with Crippen LogP contribution < -0.4 is 38.1 Å². The highest BCUT2D eigenvalue weighted by Gasteiger charge is 2.36. The summed E-state index contributed by atoms with van der Waals surface area (Å²) in [5.74, 6) is -5.99. The van der Waals surface area contributed by atoms with Crippen LogP contribution in [0.1, 0.15) is 110 Å². The van der Waals surface area contributed by atoms with Gasteiger partial charge in [-0.25, -0.2) is 0 Å². The molecule has 5 atom stereocenters. The van der Waals surface area contributed by atoms with Crippen LogP contribution in [0.5, 0.6) is 0 Å². The Morgan fingerprint density at radius 2 is 1.44 bits per heavy atom. The van der Waals surface area contributed by atoms with E-state index in [4.69, 9.17) is 11.5 Å². The molecular weight excluding hydrogens is 718 g/mol. The van der Waals surface area contributed by atoms with Gasteiger partial charge in [-0.2, -0.15) is 0 Å². The number of carbonyl (C=O) groups is 9. The number of likely N-dealkylation sites (tertiary alicyclic amines) is 1. The monoisotopic (exact) mass is 781 g/mol. The molecular formula is C36H63N9O10. The number of unbranched alkanes of at least 4 members (excludes halogenated alkanes) is 10. The van der Waals surface area contributed by atoms with E-state index in [2.05, 4.69) is 33.5 Å². The number of rotatable bonds is 28. The second-order valence-corrected chi connectivity index (χ2v) is 13.8. The van der Waals surface area contributed by atoms with Crippen LogP contribution in [-0.2, 0) is 43.2 Å². The van der Waals surface area contributed by atoms with Gasteiger partial charge in [0, 0.05) is 20.0 Å². The van der Waals surface area contributed by atoms with Gasteiger partial charge in [-0.05, 0) is 26.2 Å². The molecule has 0 bridgehead atoms. The lowest BCUT2D eigenvalue weighted by molar-refractivity contribution is -0.142. The van der Waals surface area contributed by atoms with Crippen LogP contribution in [0.15, 0.2) is 0 Å². The zero-order valence-electron chi connectivity index (χ0n) is 32.6. The molecule has 19 heteroatoms. The lowest BCUT2D eigenvalue weighted by atomic mass is 10.0. The van der Waals surface area contributed by atoms with Crippen LogP contribution in [0.2, 0.25) is 0 Å². The van der Waals surface area contributed by atoms with Crippen LogP contribution in [0.4, 0.5) is 0 Å². The van der Waals surface area contributed by atoms with Gasteiger partial charge in [0.05, 0.1) is 26.1 Å². The number of carbonyl (C=O) groups excluding carboxylic acids is 9. The fourth-order valence-corrected chi connectivity index (χ4v) is 6.05. The van der Waals surface area contributed by atoms with E-state index in [0.717, 1.165) is 24.2 Å². The highest BCUT2D eigenvalue weighted by molar-refractivity contribution is 5.97. The maximum atomic E-state index is 13.1. The maximum Gasteiger partial charge on any atom is 0.257 e. The number of primary amides is 1. The third kappa shape index (κ3) is 18.5. The van der Waals surface area contributed by atoms with Gasteiger partial charge >= 0.3 is 0 Å². The lowest BCUT2D eigenvalue weighted by Gasteiger charge is -2.27. The van der Waals surface area contributed by atoms with Gasteiger partial charge in [0.25, 0.3) is 5.91 Å². The summed E-state index contributed by atoms with van der Waals surface area (Å²) in [5, 5.41) is 21.4. The molecule has 0 saturated carbocycles. The number of amides is 8. The van der Waals surface area contributed by atoms with E-state index >= 15 is 0 Å². The molecule has 10 N–H and O–H groups in total. The average Bonchev–Trinajstić information content (AvgIpc) is 3.65. The smallest absolute Gasteiger partial charge is 0.257 e. The van der Waals surface area contributed by atoms with Crippen molar-refractivity contribution < 1.29 is 48.3 Å². The van der Waals surface area contributed by atoms with Crippen molar-refractivity contribution in [2.24, 2.45) is 11.5 Å². The number of aliphatic hydroxyl groups excluding tert-OH is 1. The quantitative estimate of drug-likeness (QED) is 0.0249. The molecule has 0 radical (unpaired) electrons. The summed E-state index contributed by atoms with van der Waals surface area (Å²) in [7, 11) is 1.39. The zero-order chi connectivity index (χ0) is 41.3. The second-order valence-electron chi connectivity index (χ2n) is 13.8. The van der Waals surface area contributed by atoms with Gasteiger partial charge in [0.1, 0.15) is 30.5 Å². The highest BCUT2D eigenvalue weighted by atomic mass is 16.3. The highest BCUT2D eigenvalue weighted by Crippen LogP contribution is 2.18. The Labute approximate surface area is 323 Å². The topological polar surface area (TPSA) is 293 Å². The SMILES string of the molecule is CCCCCCCCCCCCCC(=O)N(C)[C@H](CO)C(=O)N[C@H](N)C(=O)NCC(=O)N1CCC[C@H]1C(=O)N[C@@H](C)C(=O)N[C@@H](CC(N)=O)C(=O)NCC=O. The molecule has 0 aromatic rings. The lowest BCUT2D eigenvalue weighted by Crippen LogP contribution is -2.59. The van der Waals surface area contributed by atoms with Gasteiger partial charge in [0.2, 0.25) is 41.4 Å². The van der Waals surface area contributed by atoms with E-state index in [1.165, 1.54) is 63.8 Å². The Bertz CT molecular complexity index is 1300. The number of hydrogen-bond donors (Lipinski definition) is 8. The Balaban J connectivity index is 2.55. The first-order valence-electron chi connectivity index (χ1n) is 19.3. The largest absolute Gasteiger partial charge is 0.394 e. The minimum absolute atomic E-state index is 0.172. The van der Waals surface area contributed by atoms with Crippen molar-refractivity contribution in [2.45, 2.75) is 140 Å². The number of nitrogens with zero attached hydrogens (tertiary/aromatic N) is 2. The summed E-state index contributed by atoms with van der Waals surface area (Å²) in [6, 6.07) is -4.88. The van der Waals surface area contributed by atoms with Gasteiger partial charge in [-0.15, -0.1) is 0 Å². The molecule has 1 rings (SSSR count). The first-order chi connectivity index (χ1) is 26.2. The molecule has 1 aliphatic heterocycles. The van der Waals surface area contributed by atoms with Crippen LogP contribution in [-0.4, -0.2) is 132 Å². The number of aliphatic hydroxyl groups is 1. The molecule has 0 aromatic carbocycles. The molecule has 0 spiro atoms. The molecule has 1 aliphatic rings. The Hall–Kier alpha value is -4.65. The summed E-state index contributed by atoms with van der Waals surface area (Å²) >= 11 is 0. The van der Waals surface area contributed by atoms with Crippen LogP contribution in [0.25, 0.3) is 0 Å². The van der Waals surface area contributed by atoms with Crippen molar-refractivity contribution in [1.29, 1.82) is 0 Å². The Morgan fingerprint density at radius 1 is 0.836 bits per heavy atom. The molecule has 0 unspecified atom stereocenters. The fourth-order valence-electron chi connectivity index (χ4n) is 6.05. The fraction of sp³-hybridized carbons (Fsp3) is 0.750. The van der Waals surface area contributed by atoms with Gasteiger partial charge in [-0.1, -0.05) is 71.1 Å². The van der Waals surface area contributed by atoms with Crippen LogP contribution in [0, 0.1) is 0 Å². The van der Waals surface area contributed by atoms with E-state index in [1.54, 1.807) is 0 Å². The number of likely N-dealkylation sites (N-methyl/N-ethyl adjacent to an activating group) is 1. The molecule has 312 valence electrons. The molecule has 0 aliphatic carbocycles. The summed E-state index contributed by atoms with van der Waals surface area (Å²) in [4.78, 5) is 114. The number of nitrogens with two attached hydrogens (primary N) is 2. The molecule has 1 saturated heterocycles. The second kappa shape index (κ2) is 27.0. The van der Waals surface area contributed by atoms with Crippen molar-refractivity contribution in [3.63, 3.8) is 0 Å². The van der Waals surface area contributed by atoms with Gasteiger partial charge < -0.3 is 57.8 Å². The normalized spacial score (nSPS) is 15.8. The Kier molecular flexibility index (Phi) is 23.8. The van der Waals surface area contributed by atoms with Crippen molar-refractivity contribution in [2.75, 3.05) is 33.3 Å². The van der Waals surface area contributed by atoms with Crippen LogP contribution in [0.3, 0.4) is 0 Å². The van der Waals surface area contributed by atoms with Gasteiger partial charge in [-0.3, -0.25) is 38.4 Å². The summed E-state index contributed by atoms with van der Waals surface area (Å²) in [6.45, 7) is 2.06. The summed E-state index contributed by atoms with van der Waals surface area (Å²) in [6.07, 6.45) is 11.5. The predicted molar refractivity (Wildman–Crippen MR) is 201 cm³/mol. The third-order valence-electron chi connectivity index (χ3n) is 9.35. The standard InChI is InChI=1S/C36H63N9O10/c1-4-5-6-7-8-9-10-11-12-13-14-17-29(49)44(3)27(23-47)35(54)43-31(38)36(55)40-22-30(50)45-19-15-16-26(45)34(53)41-24(2)32(51)42-25(21-28(37)48)33(52)39-18-20-46/h20,24-27,31,47H,4-19,21-23,38H2,1-3H3,(H2,37,48)(H,39,52)(H,40,55)(H,41,53)(H,42,51)(H,43,54)/t24-,25-,26-,27+,31-/m0/s1. The average molecular weight is 782 g/mol. The van der Waals surface area contributed by atoms with E-state index in [0.29, 0.717) is 19.1 Å². The van der Waals surface area contributed by atoms with Crippen molar-refractivity contribution in [1.82, 2.24) is 36.4 Å². The first-order valence-corrected chi connectivity index (χ1v) is 19.3. The van der Waals surface area contributed by atoms with E-state index < -0.39 is 91.3 Å².